The zero-order valence-corrected chi connectivity index (χ0v) is 29.8. The van der Waals surface area contributed by atoms with Gasteiger partial charge in [0.05, 0.1) is 22.4 Å². The minimum absolute atomic E-state index is 0.596. The number of nitrogens with zero attached hydrogens (tertiary/aromatic N) is 3. The van der Waals surface area contributed by atoms with E-state index in [1.165, 1.54) is 38.1 Å². The number of fused-ring (bicyclic) bond motifs is 7. The number of para-hydroxylation sites is 3. The van der Waals surface area contributed by atoms with E-state index in [1.54, 1.807) is 0 Å². The van der Waals surface area contributed by atoms with E-state index in [1.807, 2.05) is 6.07 Å². The zero-order chi connectivity index (χ0) is 36.3. The molecule has 4 nitrogen and oxygen atoms in total. The maximum Gasteiger partial charge on any atom is 0.227 e. The number of aromatic nitrogens is 2. The first-order valence-electron chi connectivity index (χ1n) is 18.6. The van der Waals surface area contributed by atoms with Crippen LogP contribution in [0, 0.1) is 0 Å². The standard InChI is InChI=1S/C51H33N3O/c1-3-14-34(15-4-1)36-28-30-40(31-29-36)53(47-25-13-23-45-50(47)55-51(52-45)38-27-26-35-16-7-8-17-37(35)32-38)48-33-44-42-21-11-12-24-46(42)54(39-18-5-2-6-19-39)49(44)43-22-10-9-20-41(43)48/h1-33H. The Morgan fingerprint density at radius 3 is 1.91 bits per heavy atom. The summed E-state index contributed by atoms with van der Waals surface area (Å²) < 4.78 is 9.23. The van der Waals surface area contributed by atoms with Crippen LogP contribution in [0.1, 0.15) is 0 Å². The molecule has 0 atom stereocenters. The lowest BCUT2D eigenvalue weighted by Crippen LogP contribution is -2.11. The second-order valence-electron chi connectivity index (χ2n) is 14.0. The van der Waals surface area contributed by atoms with Crippen molar-refractivity contribution in [2.45, 2.75) is 0 Å². The molecule has 0 bridgehead atoms. The molecule has 55 heavy (non-hydrogen) atoms. The third-order valence-electron chi connectivity index (χ3n) is 10.8. The molecule has 9 aromatic carbocycles. The first-order chi connectivity index (χ1) is 27.3. The summed E-state index contributed by atoms with van der Waals surface area (Å²) in [5.41, 5.74) is 11.3. The molecule has 0 aliphatic carbocycles. The summed E-state index contributed by atoms with van der Waals surface area (Å²) in [5, 5.41) is 7.02. The Morgan fingerprint density at radius 1 is 0.436 bits per heavy atom. The molecule has 11 rings (SSSR count). The van der Waals surface area contributed by atoms with Gasteiger partial charge < -0.3 is 13.9 Å². The highest BCUT2D eigenvalue weighted by molar-refractivity contribution is 6.22. The molecule has 0 aliphatic rings. The number of hydrogen-bond acceptors (Lipinski definition) is 3. The summed E-state index contributed by atoms with van der Waals surface area (Å²) in [6, 6.07) is 70.9. The van der Waals surface area contributed by atoms with Gasteiger partial charge in [0, 0.05) is 38.5 Å². The number of hydrogen-bond donors (Lipinski definition) is 0. The van der Waals surface area contributed by atoms with Crippen LogP contribution < -0.4 is 4.90 Å². The van der Waals surface area contributed by atoms with Gasteiger partial charge in [-0.05, 0) is 82.6 Å². The maximum absolute atomic E-state index is 6.83. The van der Waals surface area contributed by atoms with E-state index in [0.717, 1.165) is 55.7 Å². The number of anilines is 3. The van der Waals surface area contributed by atoms with Crippen LogP contribution in [-0.2, 0) is 0 Å². The van der Waals surface area contributed by atoms with E-state index >= 15 is 0 Å². The van der Waals surface area contributed by atoms with E-state index < -0.39 is 0 Å². The van der Waals surface area contributed by atoms with Crippen molar-refractivity contribution in [3.05, 3.63) is 200 Å². The second-order valence-corrected chi connectivity index (χ2v) is 14.0. The van der Waals surface area contributed by atoms with Crippen molar-refractivity contribution < 1.29 is 4.42 Å². The monoisotopic (exact) mass is 703 g/mol. The molecule has 2 heterocycles. The van der Waals surface area contributed by atoms with Crippen LogP contribution in [0.4, 0.5) is 17.1 Å². The van der Waals surface area contributed by atoms with Crippen LogP contribution in [-0.4, -0.2) is 9.55 Å². The third kappa shape index (κ3) is 5.11. The predicted octanol–water partition coefficient (Wildman–Crippen LogP) is 14.0. The van der Waals surface area contributed by atoms with Crippen molar-refractivity contribution in [1.29, 1.82) is 0 Å². The molecule has 0 saturated heterocycles. The fourth-order valence-corrected chi connectivity index (χ4v) is 8.23. The molecular formula is C51H33N3O. The van der Waals surface area contributed by atoms with E-state index in [9.17, 15) is 0 Å². The Bertz CT molecular complexity index is 3200. The van der Waals surface area contributed by atoms with Crippen LogP contribution in [0.3, 0.4) is 0 Å². The van der Waals surface area contributed by atoms with Crippen molar-refractivity contribution in [2.75, 3.05) is 4.90 Å². The largest absolute Gasteiger partial charge is 0.434 e. The Morgan fingerprint density at radius 2 is 1.09 bits per heavy atom. The Hall–Kier alpha value is -7.43. The van der Waals surface area contributed by atoms with Gasteiger partial charge in [-0.3, -0.25) is 0 Å². The van der Waals surface area contributed by atoms with Gasteiger partial charge in [-0.2, -0.15) is 0 Å². The zero-order valence-electron chi connectivity index (χ0n) is 29.8. The van der Waals surface area contributed by atoms with Gasteiger partial charge >= 0.3 is 0 Å². The van der Waals surface area contributed by atoms with Gasteiger partial charge in [0.1, 0.15) is 5.52 Å². The van der Waals surface area contributed by atoms with Gasteiger partial charge in [0.15, 0.2) is 5.58 Å². The van der Waals surface area contributed by atoms with E-state index in [4.69, 9.17) is 9.40 Å². The summed E-state index contributed by atoms with van der Waals surface area (Å²) in [4.78, 5) is 7.42. The first kappa shape index (κ1) is 31.1. The van der Waals surface area contributed by atoms with Crippen molar-refractivity contribution in [3.63, 3.8) is 0 Å². The molecule has 11 aromatic rings. The molecule has 0 aliphatic heterocycles. The molecule has 0 amide bonds. The smallest absolute Gasteiger partial charge is 0.227 e. The topological polar surface area (TPSA) is 34.2 Å². The minimum atomic E-state index is 0.596. The van der Waals surface area contributed by atoms with Crippen LogP contribution in [0.15, 0.2) is 205 Å². The van der Waals surface area contributed by atoms with E-state index in [-0.39, 0.29) is 0 Å². The average molecular weight is 704 g/mol. The molecule has 0 N–H and O–H groups in total. The van der Waals surface area contributed by atoms with Gasteiger partial charge in [-0.25, -0.2) is 4.98 Å². The highest BCUT2D eigenvalue weighted by Crippen LogP contribution is 2.47. The summed E-state index contributed by atoms with van der Waals surface area (Å²) >= 11 is 0. The van der Waals surface area contributed by atoms with Gasteiger partial charge in [0.25, 0.3) is 0 Å². The molecule has 2 aromatic heterocycles. The lowest BCUT2D eigenvalue weighted by Gasteiger charge is -2.27. The van der Waals surface area contributed by atoms with Crippen molar-refractivity contribution in [3.8, 4) is 28.3 Å². The first-order valence-corrected chi connectivity index (χ1v) is 18.6. The maximum atomic E-state index is 6.83. The summed E-state index contributed by atoms with van der Waals surface area (Å²) in [5.74, 6) is 0.596. The molecule has 0 unspecified atom stereocenters. The van der Waals surface area contributed by atoms with Crippen molar-refractivity contribution in [2.24, 2.45) is 0 Å². The van der Waals surface area contributed by atoms with E-state index in [0.29, 0.717) is 5.89 Å². The Labute approximate surface area is 317 Å². The minimum Gasteiger partial charge on any atom is -0.434 e. The SMILES string of the molecule is c1ccc(-c2ccc(N(c3cc4c5ccccc5n(-c5ccccc5)c4c4ccccc34)c3cccc4nc(-c5ccc6ccccc6c5)oc34)cc2)cc1. The lowest BCUT2D eigenvalue weighted by molar-refractivity contribution is 0.620. The summed E-state index contributed by atoms with van der Waals surface area (Å²) in [6.07, 6.45) is 0. The molecule has 0 spiro atoms. The van der Waals surface area contributed by atoms with Gasteiger partial charge in [-0.15, -0.1) is 0 Å². The van der Waals surface area contributed by atoms with Crippen LogP contribution >= 0.6 is 0 Å². The second kappa shape index (κ2) is 12.6. The summed E-state index contributed by atoms with van der Waals surface area (Å²) in [6.45, 7) is 0. The van der Waals surface area contributed by atoms with Gasteiger partial charge in [0.2, 0.25) is 5.89 Å². The highest BCUT2D eigenvalue weighted by Gasteiger charge is 2.24. The summed E-state index contributed by atoms with van der Waals surface area (Å²) in [7, 11) is 0. The van der Waals surface area contributed by atoms with Gasteiger partial charge in [-0.1, -0.05) is 140 Å². The van der Waals surface area contributed by atoms with Crippen LogP contribution in [0.2, 0.25) is 0 Å². The van der Waals surface area contributed by atoms with Crippen LogP contribution in [0.25, 0.3) is 82.7 Å². The predicted molar refractivity (Wildman–Crippen MR) is 229 cm³/mol. The lowest BCUT2D eigenvalue weighted by atomic mass is 10.0. The molecular weight excluding hydrogens is 671 g/mol. The van der Waals surface area contributed by atoms with E-state index in [2.05, 4.69) is 204 Å². The van der Waals surface area contributed by atoms with Crippen molar-refractivity contribution >= 4 is 71.5 Å². The molecule has 258 valence electrons. The molecule has 4 heteroatoms. The number of benzene rings is 9. The quantitative estimate of drug-likeness (QED) is 0.173. The number of oxazole rings is 1. The molecule has 0 radical (unpaired) electrons. The molecule has 0 fully saturated rings. The Balaban J connectivity index is 1.19. The third-order valence-corrected chi connectivity index (χ3v) is 10.8. The Kier molecular flexibility index (Phi) is 7.14. The highest BCUT2D eigenvalue weighted by atomic mass is 16.3. The normalized spacial score (nSPS) is 11.6. The number of rotatable bonds is 6. The van der Waals surface area contributed by atoms with Crippen molar-refractivity contribution in [1.82, 2.24) is 9.55 Å². The fraction of sp³-hybridized carbons (Fsp3) is 0. The average Bonchev–Trinajstić information content (AvgIpc) is 3.85. The fourth-order valence-electron chi connectivity index (χ4n) is 8.23. The van der Waals surface area contributed by atoms with Crippen LogP contribution in [0.5, 0.6) is 0 Å². The molecule has 0 saturated carbocycles.